The van der Waals surface area contributed by atoms with Gasteiger partial charge in [0.1, 0.15) is 0 Å². The van der Waals surface area contributed by atoms with Crippen LogP contribution in [0.1, 0.15) is 13.8 Å². The molecule has 0 unspecified atom stereocenters. The molecule has 2 heteroatoms. The molecular weight excluding hydrogens is 152 g/mol. The van der Waals surface area contributed by atoms with Crippen LogP contribution in [-0.2, 0) is 0 Å². The van der Waals surface area contributed by atoms with Crippen LogP contribution >= 0.6 is 23.4 Å². The molecule has 0 aliphatic rings. The van der Waals surface area contributed by atoms with Gasteiger partial charge in [0.25, 0.3) is 0 Å². The first-order chi connectivity index (χ1) is 4.16. The predicted octanol–water partition coefficient (Wildman–Crippen LogP) is 2.92. The van der Waals surface area contributed by atoms with Crippen LogP contribution in [0.15, 0.2) is 12.2 Å². The molecule has 0 heterocycles. The lowest BCUT2D eigenvalue weighted by atomic mass is 10.4. The van der Waals surface area contributed by atoms with Crippen molar-refractivity contribution in [3.8, 4) is 0 Å². The molecule has 0 aliphatic carbocycles. The standard InChI is InChI=1S/C7H13ClS/c1-6(2)9-5-7(3)4-8/h6H,3-5H2,1-2H3. The van der Waals surface area contributed by atoms with E-state index in [4.69, 9.17) is 11.6 Å². The molecular formula is C7H13ClS. The third-order valence-corrected chi connectivity index (χ3v) is 2.43. The number of alkyl halides is 1. The molecule has 0 aromatic heterocycles. The van der Waals surface area contributed by atoms with Crippen LogP contribution in [0.4, 0.5) is 0 Å². The van der Waals surface area contributed by atoms with E-state index < -0.39 is 0 Å². The maximum atomic E-state index is 5.52. The minimum absolute atomic E-state index is 0.597. The lowest BCUT2D eigenvalue weighted by Gasteiger charge is -2.03. The quantitative estimate of drug-likeness (QED) is 0.455. The van der Waals surface area contributed by atoms with Crippen LogP contribution in [0, 0.1) is 0 Å². The van der Waals surface area contributed by atoms with E-state index in [1.807, 2.05) is 11.8 Å². The van der Waals surface area contributed by atoms with Gasteiger partial charge >= 0.3 is 0 Å². The Morgan fingerprint density at radius 1 is 1.67 bits per heavy atom. The number of thioether (sulfide) groups is 1. The zero-order valence-electron chi connectivity index (χ0n) is 5.98. The van der Waals surface area contributed by atoms with Gasteiger partial charge in [-0.15, -0.1) is 11.6 Å². The third kappa shape index (κ3) is 6.26. The summed E-state index contributed by atoms with van der Waals surface area (Å²) < 4.78 is 0. The minimum atomic E-state index is 0.597. The van der Waals surface area contributed by atoms with E-state index in [9.17, 15) is 0 Å². The summed E-state index contributed by atoms with van der Waals surface area (Å²) in [5.74, 6) is 1.60. The highest BCUT2D eigenvalue weighted by molar-refractivity contribution is 8.00. The Morgan fingerprint density at radius 2 is 2.22 bits per heavy atom. The molecule has 0 rings (SSSR count). The predicted molar refractivity (Wildman–Crippen MR) is 47.5 cm³/mol. The molecule has 54 valence electrons. The van der Waals surface area contributed by atoms with Crippen molar-refractivity contribution in [1.29, 1.82) is 0 Å². The van der Waals surface area contributed by atoms with E-state index >= 15 is 0 Å². The van der Waals surface area contributed by atoms with Crippen LogP contribution in [0.2, 0.25) is 0 Å². The van der Waals surface area contributed by atoms with Crippen molar-refractivity contribution >= 4 is 23.4 Å². The zero-order valence-corrected chi connectivity index (χ0v) is 7.56. The number of halogens is 1. The lowest BCUT2D eigenvalue weighted by molar-refractivity contribution is 1.11. The van der Waals surface area contributed by atoms with Gasteiger partial charge in [-0.2, -0.15) is 11.8 Å². The van der Waals surface area contributed by atoms with E-state index in [1.54, 1.807) is 0 Å². The Bertz CT molecular complexity index is 88.9. The molecule has 0 aliphatic heterocycles. The number of hydrogen-bond donors (Lipinski definition) is 0. The van der Waals surface area contributed by atoms with Crippen LogP contribution < -0.4 is 0 Å². The summed E-state index contributed by atoms with van der Waals surface area (Å²) in [6.45, 7) is 8.14. The Kier molecular flexibility index (Phi) is 5.41. The molecule has 0 atom stereocenters. The molecule has 0 bridgehead atoms. The average molecular weight is 165 g/mol. The van der Waals surface area contributed by atoms with E-state index in [0.29, 0.717) is 11.1 Å². The zero-order chi connectivity index (χ0) is 7.28. The first-order valence-corrected chi connectivity index (χ1v) is 4.59. The Labute approximate surface area is 66.7 Å². The van der Waals surface area contributed by atoms with Gasteiger partial charge < -0.3 is 0 Å². The fraction of sp³-hybridized carbons (Fsp3) is 0.714. The summed E-state index contributed by atoms with van der Waals surface area (Å²) in [7, 11) is 0. The smallest absolute Gasteiger partial charge is 0.0439 e. The highest BCUT2D eigenvalue weighted by Gasteiger charge is 1.95. The minimum Gasteiger partial charge on any atom is -0.155 e. The van der Waals surface area contributed by atoms with Gasteiger partial charge in [0.15, 0.2) is 0 Å². The summed E-state index contributed by atoms with van der Waals surface area (Å²) in [6.07, 6.45) is 0. The van der Waals surface area contributed by atoms with Gasteiger partial charge in [-0.3, -0.25) is 0 Å². The fourth-order valence-corrected chi connectivity index (χ4v) is 1.20. The van der Waals surface area contributed by atoms with Gasteiger partial charge in [-0.1, -0.05) is 26.0 Å². The average Bonchev–Trinajstić information content (AvgIpc) is 1.83. The van der Waals surface area contributed by atoms with Gasteiger partial charge in [-0.25, -0.2) is 0 Å². The summed E-state index contributed by atoms with van der Waals surface area (Å²) in [4.78, 5) is 0. The highest BCUT2D eigenvalue weighted by Crippen LogP contribution is 2.12. The highest BCUT2D eigenvalue weighted by atomic mass is 35.5. The van der Waals surface area contributed by atoms with Crippen molar-refractivity contribution in [1.82, 2.24) is 0 Å². The van der Waals surface area contributed by atoms with Crippen molar-refractivity contribution in [2.75, 3.05) is 11.6 Å². The largest absolute Gasteiger partial charge is 0.155 e. The molecule has 0 fully saturated rings. The summed E-state index contributed by atoms with van der Waals surface area (Å²) in [6, 6.07) is 0. The van der Waals surface area contributed by atoms with Gasteiger partial charge in [0.05, 0.1) is 0 Å². The van der Waals surface area contributed by atoms with Gasteiger partial charge in [0, 0.05) is 11.6 Å². The van der Waals surface area contributed by atoms with E-state index in [-0.39, 0.29) is 0 Å². The molecule has 9 heavy (non-hydrogen) atoms. The maximum absolute atomic E-state index is 5.52. The maximum Gasteiger partial charge on any atom is 0.0439 e. The number of rotatable bonds is 4. The molecule has 0 nitrogen and oxygen atoms in total. The Morgan fingerprint density at radius 3 is 2.56 bits per heavy atom. The second kappa shape index (κ2) is 5.19. The molecule has 0 N–H and O–H groups in total. The van der Waals surface area contributed by atoms with Crippen molar-refractivity contribution in [2.45, 2.75) is 19.1 Å². The van der Waals surface area contributed by atoms with Crippen molar-refractivity contribution in [2.24, 2.45) is 0 Å². The third-order valence-electron chi connectivity index (χ3n) is 0.810. The number of hydrogen-bond acceptors (Lipinski definition) is 1. The summed E-state index contributed by atoms with van der Waals surface area (Å²) >= 11 is 7.40. The van der Waals surface area contributed by atoms with Crippen molar-refractivity contribution in [3.05, 3.63) is 12.2 Å². The fourth-order valence-electron chi connectivity index (χ4n) is 0.323. The molecule has 0 amide bonds. The normalized spacial score (nSPS) is 10.2. The van der Waals surface area contributed by atoms with Crippen molar-refractivity contribution < 1.29 is 0 Å². The molecule has 0 aromatic rings. The topological polar surface area (TPSA) is 0 Å². The second-order valence-electron chi connectivity index (χ2n) is 2.24. The second-order valence-corrected chi connectivity index (χ2v) is 4.08. The van der Waals surface area contributed by atoms with Gasteiger partial charge in [0.2, 0.25) is 0 Å². The van der Waals surface area contributed by atoms with Crippen LogP contribution in [-0.4, -0.2) is 16.9 Å². The first-order valence-electron chi connectivity index (χ1n) is 3.01. The van der Waals surface area contributed by atoms with Crippen LogP contribution in [0.5, 0.6) is 0 Å². The molecule has 0 radical (unpaired) electrons. The Balaban J connectivity index is 3.17. The van der Waals surface area contributed by atoms with Crippen LogP contribution in [0.25, 0.3) is 0 Å². The van der Waals surface area contributed by atoms with E-state index in [2.05, 4.69) is 20.4 Å². The molecule has 0 spiro atoms. The van der Waals surface area contributed by atoms with E-state index in [1.165, 1.54) is 0 Å². The first kappa shape index (κ1) is 9.38. The molecule has 0 saturated heterocycles. The molecule has 0 aromatic carbocycles. The molecule has 0 saturated carbocycles. The lowest BCUT2D eigenvalue weighted by Crippen LogP contribution is -1.92. The monoisotopic (exact) mass is 164 g/mol. The summed E-state index contributed by atoms with van der Waals surface area (Å²) in [5.41, 5.74) is 1.12. The SMILES string of the molecule is C=C(CCl)CSC(C)C. The van der Waals surface area contributed by atoms with Crippen molar-refractivity contribution in [3.63, 3.8) is 0 Å². The Hall–Kier alpha value is 0.380. The summed E-state index contributed by atoms with van der Waals surface area (Å²) in [5, 5.41) is 0.685. The van der Waals surface area contributed by atoms with Crippen LogP contribution in [0.3, 0.4) is 0 Å². The van der Waals surface area contributed by atoms with E-state index in [0.717, 1.165) is 11.3 Å². The van der Waals surface area contributed by atoms with Gasteiger partial charge in [-0.05, 0) is 5.25 Å².